The molecule has 1 aromatic rings. The molecule has 0 heterocycles. The second-order valence-corrected chi connectivity index (χ2v) is 5.91. The van der Waals surface area contributed by atoms with Gasteiger partial charge >= 0.3 is 0 Å². The highest BCUT2D eigenvalue weighted by Crippen LogP contribution is 2.17. The number of hydrogen-bond donors (Lipinski definition) is 1. The summed E-state index contributed by atoms with van der Waals surface area (Å²) < 4.78 is 5.93. The van der Waals surface area contributed by atoms with Gasteiger partial charge in [-0.25, -0.2) is 0 Å². The molecule has 0 aliphatic heterocycles. The number of hydrogen-bond acceptors (Lipinski definition) is 4. The first-order valence-electron chi connectivity index (χ1n) is 7.36. The lowest BCUT2D eigenvalue weighted by atomic mass is 10.2. The van der Waals surface area contributed by atoms with E-state index in [1.165, 1.54) is 11.3 Å². The largest absolute Gasteiger partial charge is 0.492 e. The van der Waals surface area contributed by atoms with Gasteiger partial charge in [0.1, 0.15) is 12.4 Å². The summed E-state index contributed by atoms with van der Waals surface area (Å²) in [5.74, 6) is 2.18. The van der Waals surface area contributed by atoms with Crippen molar-refractivity contribution >= 4 is 11.8 Å². The van der Waals surface area contributed by atoms with Crippen LogP contribution in [0.2, 0.25) is 0 Å². The van der Waals surface area contributed by atoms with Gasteiger partial charge in [-0.3, -0.25) is 0 Å². The van der Waals surface area contributed by atoms with Crippen molar-refractivity contribution in [2.75, 3.05) is 45.3 Å². The van der Waals surface area contributed by atoms with E-state index in [-0.39, 0.29) is 0 Å². The van der Waals surface area contributed by atoms with E-state index in [0.29, 0.717) is 0 Å². The molecule has 0 atom stereocenters. The molecule has 0 spiro atoms. The average molecular weight is 296 g/mol. The molecule has 114 valence electrons. The van der Waals surface area contributed by atoms with Gasteiger partial charge in [-0.1, -0.05) is 25.1 Å². The highest BCUT2D eigenvalue weighted by Gasteiger charge is 2.03. The summed E-state index contributed by atoms with van der Waals surface area (Å²) in [5, 5.41) is 3.43. The van der Waals surface area contributed by atoms with E-state index in [2.05, 4.69) is 48.6 Å². The second-order valence-electron chi connectivity index (χ2n) is 4.93. The minimum atomic E-state index is 0.746. The van der Waals surface area contributed by atoms with Crippen molar-refractivity contribution in [2.24, 2.45) is 0 Å². The third-order valence-electron chi connectivity index (χ3n) is 3.12. The van der Waals surface area contributed by atoms with Crippen LogP contribution in [0.15, 0.2) is 24.3 Å². The zero-order chi connectivity index (χ0) is 14.6. The van der Waals surface area contributed by atoms with E-state index < -0.39 is 0 Å². The van der Waals surface area contributed by atoms with Crippen LogP contribution in [-0.2, 0) is 6.54 Å². The maximum atomic E-state index is 5.93. The van der Waals surface area contributed by atoms with Gasteiger partial charge in [0.2, 0.25) is 0 Å². The van der Waals surface area contributed by atoms with Gasteiger partial charge in [0.15, 0.2) is 0 Å². The van der Waals surface area contributed by atoms with Crippen LogP contribution < -0.4 is 10.1 Å². The molecule has 3 nitrogen and oxygen atoms in total. The number of ether oxygens (including phenoxy) is 1. The van der Waals surface area contributed by atoms with Crippen molar-refractivity contribution in [3.8, 4) is 5.75 Å². The van der Waals surface area contributed by atoms with Gasteiger partial charge in [0.25, 0.3) is 0 Å². The molecule has 20 heavy (non-hydrogen) atoms. The van der Waals surface area contributed by atoms with Crippen molar-refractivity contribution in [3.63, 3.8) is 0 Å². The Hall–Kier alpha value is -0.710. The monoisotopic (exact) mass is 296 g/mol. The molecule has 0 fully saturated rings. The lowest BCUT2D eigenvalue weighted by molar-refractivity contribution is 0.243. The van der Waals surface area contributed by atoms with Crippen LogP contribution in [0.4, 0.5) is 0 Å². The van der Waals surface area contributed by atoms with Crippen molar-refractivity contribution < 1.29 is 4.74 Å². The lowest BCUT2D eigenvalue weighted by Crippen LogP contribution is -2.26. The fraction of sp³-hybridized carbons (Fsp3) is 0.625. The van der Waals surface area contributed by atoms with Crippen LogP contribution in [0, 0.1) is 0 Å². The Labute approximate surface area is 128 Å². The van der Waals surface area contributed by atoms with Gasteiger partial charge in [-0.15, -0.1) is 0 Å². The predicted octanol–water partition coefficient (Wildman–Crippen LogP) is 2.86. The Balaban J connectivity index is 2.35. The molecule has 0 radical (unpaired) electrons. The Morgan fingerprint density at radius 3 is 2.80 bits per heavy atom. The molecule has 0 aromatic heterocycles. The van der Waals surface area contributed by atoms with E-state index in [1.54, 1.807) is 0 Å². The molecule has 0 saturated heterocycles. The van der Waals surface area contributed by atoms with Crippen LogP contribution in [-0.4, -0.2) is 50.2 Å². The van der Waals surface area contributed by atoms with E-state index in [1.807, 2.05) is 17.8 Å². The summed E-state index contributed by atoms with van der Waals surface area (Å²) in [6.45, 7) is 6.94. The van der Waals surface area contributed by atoms with E-state index >= 15 is 0 Å². The zero-order valence-corrected chi connectivity index (χ0v) is 13.8. The van der Waals surface area contributed by atoms with Crippen LogP contribution in [0.3, 0.4) is 0 Å². The summed E-state index contributed by atoms with van der Waals surface area (Å²) >= 11 is 1.88. The quantitative estimate of drug-likeness (QED) is 0.635. The first kappa shape index (κ1) is 17.3. The maximum Gasteiger partial charge on any atom is 0.123 e. The summed E-state index contributed by atoms with van der Waals surface area (Å²) in [6.07, 6.45) is 3.30. The third kappa shape index (κ3) is 7.17. The third-order valence-corrected chi connectivity index (χ3v) is 3.71. The van der Waals surface area contributed by atoms with Gasteiger partial charge in [-0.05, 0) is 32.3 Å². The number of benzene rings is 1. The van der Waals surface area contributed by atoms with Gasteiger partial charge < -0.3 is 15.0 Å². The number of nitrogens with zero attached hydrogens (tertiary/aromatic N) is 1. The molecular weight excluding hydrogens is 268 g/mol. The average Bonchev–Trinajstić information content (AvgIpc) is 2.47. The molecular formula is C16H28N2OS. The number of rotatable bonds is 11. The van der Waals surface area contributed by atoms with Gasteiger partial charge in [0.05, 0.1) is 0 Å². The SMILES string of the molecule is CCCNCc1ccccc1OCCN(C)CCSC. The normalized spacial score (nSPS) is 11.0. The number of para-hydroxylation sites is 1. The minimum Gasteiger partial charge on any atom is -0.492 e. The second kappa shape index (κ2) is 11.0. The molecule has 0 aliphatic rings. The van der Waals surface area contributed by atoms with E-state index in [4.69, 9.17) is 4.74 Å². The number of likely N-dealkylation sites (N-methyl/N-ethyl adjacent to an activating group) is 1. The highest BCUT2D eigenvalue weighted by molar-refractivity contribution is 7.98. The molecule has 1 rings (SSSR count). The summed E-state index contributed by atoms with van der Waals surface area (Å²) in [7, 11) is 2.15. The first-order chi connectivity index (χ1) is 9.77. The Kier molecular flexibility index (Phi) is 9.54. The topological polar surface area (TPSA) is 24.5 Å². The van der Waals surface area contributed by atoms with Crippen molar-refractivity contribution in [1.29, 1.82) is 0 Å². The van der Waals surface area contributed by atoms with Crippen LogP contribution in [0.1, 0.15) is 18.9 Å². The molecule has 0 bridgehead atoms. The Morgan fingerprint density at radius 1 is 1.25 bits per heavy atom. The number of thioether (sulfide) groups is 1. The van der Waals surface area contributed by atoms with Crippen LogP contribution >= 0.6 is 11.8 Å². The smallest absolute Gasteiger partial charge is 0.123 e. The van der Waals surface area contributed by atoms with Gasteiger partial charge in [0, 0.05) is 31.0 Å². The summed E-state index contributed by atoms with van der Waals surface area (Å²) in [6, 6.07) is 8.30. The maximum absolute atomic E-state index is 5.93. The fourth-order valence-corrected chi connectivity index (χ4v) is 2.36. The first-order valence-corrected chi connectivity index (χ1v) is 8.76. The highest BCUT2D eigenvalue weighted by atomic mass is 32.2. The molecule has 4 heteroatoms. The molecule has 0 unspecified atom stereocenters. The molecule has 1 N–H and O–H groups in total. The zero-order valence-electron chi connectivity index (χ0n) is 13.0. The lowest BCUT2D eigenvalue weighted by Gasteiger charge is -2.17. The molecule has 0 saturated carbocycles. The molecule has 1 aromatic carbocycles. The van der Waals surface area contributed by atoms with Crippen LogP contribution in [0.5, 0.6) is 5.75 Å². The van der Waals surface area contributed by atoms with Crippen molar-refractivity contribution in [3.05, 3.63) is 29.8 Å². The number of nitrogens with one attached hydrogen (secondary N) is 1. The predicted molar refractivity (Wildman–Crippen MR) is 89.8 cm³/mol. The standard InChI is InChI=1S/C16H28N2OS/c1-4-9-17-14-15-7-5-6-8-16(15)19-12-10-18(2)11-13-20-3/h5-8,17H,4,9-14H2,1-3H3. The Bertz CT molecular complexity index is 360. The summed E-state index contributed by atoms with van der Waals surface area (Å²) in [4.78, 5) is 2.31. The Morgan fingerprint density at radius 2 is 2.05 bits per heavy atom. The van der Waals surface area contributed by atoms with Gasteiger partial charge in [-0.2, -0.15) is 11.8 Å². The molecule has 0 amide bonds. The van der Waals surface area contributed by atoms with E-state index in [9.17, 15) is 0 Å². The van der Waals surface area contributed by atoms with Crippen LogP contribution in [0.25, 0.3) is 0 Å². The van der Waals surface area contributed by atoms with Crippen molar-refractivity contribution in [2.45, 2.75) is 19.9 Å². The fourth-order valence-electron chi connectivity index (χ4n) is 1.86. The summed E-state index contributed by atoms with van der Waals surface area (Å²) in [5.41, 5.74) is 1.24. The minimum absolute atomic E-state index is 0.746. The molecule has 0 aliphatic carbocycles. The van der Waals surface area contributed by atoms with Crippen molar-refractivity contribution in [1.82, 2.24) is 10.2 Å². The van der Waals surface area contributed by atoms with E-state index in [0.717, 1.165) is 45.0 Å².